The fourth-order valence-corrected chi connectivity index (χ4v) is 1.62. The van der Waals surface area contributed by atoms with Gasteiger partial charge in [-0.25, -0.2) is 4.79 Å². The number of ketones is 1. The van der Waals surface area contributed by atoms with Gasteiger partial charge in [0.05, 0.1) is 6.26 Å². The summed E-state index contributed by atoms with van der Waals surface area (Å²) in [7, 11) is 0. The monoisotopic (exact) mass is 268 g/mol. The first-order valence-electron chi connectivity index (χ1n) is 5.90. The predicted octanol–water partition coefficient (Wildman–Crippen LogP) is 3.58. The molecule has 0 aliphatic carbocycles. The second kappa shape index (κ2) is 6.33. The van der Waals surface area contributed by atoms with Crippen LogP contribution in [-0.4, -0.2) is 11.9 Å². The summed E-state index contributed by atoms with van der Waals surface area (Å²) in [5.41, 5.74) is 1.12. The lowest BCUT2D eigenvalue weighted by molar-refractivity contribution is 0.103. The van der Waals surface area contributed by atoms with Crippen LogP contribution in [0, 0.1) is 0 Å². The summed E-state index contributed by atoms with van der Waals surface area (Å²) in [6.07, 6.45) is 0.109. The summed E-state index contributed by atoms with van der Waals surface area (Å²) in [6, 6.07) is 15.2. The Labute approximate surface area is 116 Å². The fourth-order valence-electron chi connectivity index (χ4n) is 1.62. The van der Waals surface area contributed by atoms with Crippen LogP contribution in [0.2, 0.25) is 0 Å². The first kappa shape index (κ1) is 13.5. The first-order valence-corrected chi connectivity index (χ1v) is 5.90. The van der Waals surface area contributed by atoms with Gasteiger partial charge >= 0.3 is 6.16 Å². The van der Waals surface area contributed by atoms with E-state index < -0.39 is 6.16 Å². The molecule has 2 aromatic rings. The maximum atomic E-state index is 12.1. The second-order valence-corrected chi connectivity index (χ2v) is 3.86. The van der Waals surface area contributed by atoms with Gasteiger partial charge in [-0.1, -0.05) is 36.9 Å². The molecule has 0 atom stereocenters. The summed E-state index contributed by atoms with van der Waals surface area (Å²) in [6.45, 7) is 3.25. The predicted molar refractivity (Wildman–Crippen MR) is 73.6 cm³/mol. The van der Waals surface area contributed by atoms with Crippen molar-refractivity contribution in [2.75, 3.05) is 0 Å². The molecule has 0 spiro atoms. The number of carbonyl (C=O) groups is 2. The van der Waals surface area contributed by atoms with Gasteiger partial charge in [0, 0.05) is 11.1 Å². The Balaban J connectivity index is 2.10. The van der Waals surface area contributed by atoms with Gasteiger partial charge in [0.15, 0.2) is 5.78 Å². The molecule has 4 nitrogen and oxygen atoms in total. The number of hydrogen-bond donors (Lipinski definition) is 0. The summed E-state index contributed by atoms with van der Waals surface area (Å²) in [4.78, 5) is 23.2. The third kappa shape index (κ3) is 3.32. The zero-order valence-corrected chi connectivity index (χ0v) is 10.6. The van der Waals surface area contributed by atoms with Crippen molar-refractivity contribution in [2.45, 2.75) is 0 Å². The van der Waals surface area contributed by atoms with E-state index in [1.165, 1.54) is 12.1 Å². The molecule has 0 N–H and O–H groups in total. The number of benzene rings is 2. The average molecular weight is 268 g/mol. The van der Waals surface area contributed by atoms with E-state index >= 15 is 0 Å². The molecule has 0 saturated heterocycles. The molecule has 0 aromatic heterocycles. The van der Waals surface area contributed by atoms with Gasteiger partial charge in [-0.2, -0.15) is 0 Å². The third-order valence-electron chi connectivity index (χ3n) is 2.53. The maximum Gasteiger partial charge on any atom is 0.518 e. The van der Waals surface area contributed by atoms with Gasteiger partial charge in [0.25, 0.3) is 0 Å². The number of hydrogen-bond acceptors (Lipinski definition) is 4. The van der Waals surface area contributed by atoms with Crippen LogP contribution in [0.3, 0.4) is 0 Å². The van der Waals surface area contributed by atoms with E-state index in [4.69, 9.17) is 4.74 Å². The van der Waals surface area contributed by atoms with Crippen molar-refractivity contribution in [2.24, 2.45) is 0 Å². The molecule has 2 rings (SSSR count). The quantitative estimate of drug-likeness (QED) is 0.368. The van der Waals surface area contributed by atoms with E-state index in [1.807, 2.05) is 6.07 Å². The van der Waals surface area contributed by atoms with Crippen molar-refractivity contribution < 1.29 is 19.1 Å². The fraction of sp³-hybridized carbons (Fsp3) is 0. The largest absolute Gasteiger partial charge is 0.518 e. The smallest absolute Gasteiger partial charge is 0.403 e. The SMILES string of the molecule is C=COC(=O)Oc1ccc(C(=O)c2ccccc2)cc1. The maximum absolute atomic E-state index is 12.1. The minimum absolute atomic E-state index is 0.0918. The van der Waals surface area contributed by atoms with Crippen molar-refractivity contribution in [1.82, 2.24) is 0 Å². The van der Waals surface area contributed by atoms with Crippen LogP contribution >= 0.6 is 0 Å². The Morgan fingerprint density at radius 3 is 2.10 bits per heavy atom. The minimum Gasteiger partial charge on any atom is -0.403 e. The summed E-state index contributed by atoms with van der Waals surface area (Å²) < 4.78 is 9.28. The zero-order chi connectivity index (χ0) is 14.4. The van der Waals surface area contributed by atoms with Gasteiger partial charge in [0.2, 0.25) is 0 Å². The molecule has 4 heteroatoms. The standard InChI is InChI=1S/C16H12O4/c1-2-19-16(18)20-14-10-8-13(9-11-14)15(17)12-6-4-3-5-7-12/h2-11H,1H2. The van der Waals surface area contributed by atoms with Crippen LogP contribution in [0.25, 0.3) is 0 Å². The molecule has 0 radical (unpaired) electrons. The molecule has 0 unspecified atom stereocenters. The van der Waals surface area contributed by atoms with Crippen LogP contribution < -0.4 is 4.74 Å². The zero-order valence-electron chi connectivity index (χ0n) is 10.6. The normalized spacial score (nSPS) is 9.60. The van der Waals surface area contributed by atoms with Crippen molar-refractivity contribution in [3.8, 4) is 5.75 Å². The highest BCUT2D eigenvalue weighted by atomic mass is 16.7. The summed E-state index contributed by atoms with van der Waals surface area (Å²) in [5.74, 6) is 0.201. The molecule has 100 valence electrons. The van der Waals surface area contributed by atoms with Crippen molar-refractivity contribution in [3.05, 3.63) is 78.6 Å². The van der Waals surface area contributed by atoms with Gasteiger partial charge in [-0.3, -0.25) is 4.79 Å². The lowest BCUT2D eigenvalue weighted by Gasteiger charge is -2.04. The number of rotatable bonds is 4. The molecule has 0 fully saturated rings. The van der Waals surface area contributed by atoms with E-state index in [0.717, 1.165) is 6.26 Å². The van der Waals surface area contributed by atoms with E-state index in [-0.39, 0.29) is 5.78 Å². The van der Waals surface area contributed by atoms with Crippen molar-refractivity contribution in [3.63, 3.8) is 0 Å². The molecule has 0 bridgehead atoms. The summed E-state index contributed by atoms with van der Waals surface area (Å²) >= 11 is 0. The Kier molecular flexibility index (Phi) is 4.29. The van der Waals surface area contributed by atoms with E-state index in [2.05, 4.69) is 11.3 Å². The molecular weight excluding hydrogens is 256 g/mol. The van der Waals surface area contributed by atoms with Crippen LogP contribution in [0.1, 0.15) is 15.9 Å². The van der Waals surface area contributed by atoms with E-state index in [1.54, 1.807) is 36.4 Å². The van der Waals surface area contributed by atoms with E-state index in [9.17, 15) is 9.59 Å². The minimum atomic E-state index is -0.873. The topological polar surface area (TPSA) is 52.6 Å². The molecule has 20 heavy (non-hydrogen) atoms. The van der Waals surface area contributed by atoms with Crippen LogP contribution in [0.5, 0.6) is 5.75 Å². The lowest BCUT2D eigenvalue weighted by atomic mass is 10.0. The molecule has 0 aliphatic rings. The summed E-state index contributed by atoms with van der Waals surface area (Å²) in [5, 5.41) is 0. The lowest BCUT2D eigenvalue weighted by Crippen LogP contribution is -2.07. The Bertz CT molecular complexity index is 615. The number of carbonyl (C=O) groups excluding carboxylic acids is 2. The van der Waals surface area contributed by atoms with Crippen LogP contribution in [0.15, 0.2) is 67.4 Å². The Morgan fingerprint density at radius 2 is 1.50 bits per heavy atom. The second-order valence-electron chi connectivity index (χ2n) is 3.86. The molecule has 0 heterocycles. The molecule has 0 aliphatic heterocycles. The molecule has 0 saturated carbocycles. The Hall–Kier alpha value is -2.88. The first-order chi connectivity index (χ1) is 9.70. The van der Waals surface area contributed by atoms with Crippen molar-refractivity contribution in [1.29, 1.82) is 0 Å². The molecule has 2 aromatic carbocycles. The van der Waals surface area contributed by atoms with Crippen molar-refractivity contribution >= 4 is 11.9 Å². The highest BCUT2D eigenvalue weighted by Crippen LogP contribution is 2.16. The van der Waals surface area contributed by atoms with Gasteiger partial charge in [-0.15, -0.1) is 0 Å². The van der Waals surface area contributed by atoms with Crippen LogP contribution in [-0.2, 0) is 4.74 Å². The third-order valence-corrected chi connectivity index (χ3v) is 2.53. The number of ether oxygens (including phenoxy) is 2. The van der Waals surface area contributed by atoms with Gasteiger partial charge in [-0.05, 0) is 24.3 Å². The van der Waals surface area contributed by atoms with Gasteiger partial charge in [0.1, 0.15) is 5.75 Å². The Morgan fingerprint density at radius 1 is 0.900 bits per heavy atom. The highest BCUT2D eigenvalue weighted by Gasteiger charge is 2.09. The van der Waals surface area contributed by atoms with Crippen LogP contribution in [0.4, 0.5) is 4.79 Å². The highest BCUT2D eigenvalue weighted by molar-refractivity contribution is 6.08. The molecular formula is C16H12O4. The molecule has 0 amide bonds. The van der Waals surface area contributed by atoms with E-state index in [0.29, 0.717) is 16.9 Å². The van der Waals surface area contributed by atoms with Gasteiger partial charge < -0.3 is 9.47 Å². The average Bonchev–Trinajstić information content (AvgIpc) is 2.48.